The minimum Gasteiger partial charge on any atom is -0.494 e. The van der Waals surface area contributed by atoms with E-state index < -0.39 is 29.6 Å². The number of halogens is 2. The van der Waals surface area contributed by atoms with E-state index in [2.05, 4.69) is 10.6 Å². The van der Waals surface area contributed by atoms with Gasteiger partial charge in [-0.2, -0.15) is 0 Å². The van der Waals surface area contributed by atoms with Crippen LogP contribution in [0.5, 0.6) is 5.75 Å². The third-order valence-corrected chi connectivity index (χ3v) is 9.06. The van der Waals surface area contributed by atoms with E-state index in [9.17, 15) is 14.4 Å². The first-order valence-electron chi connectivity index (χ1n) is 14.3. The molecule has 1 saturated carbocycles. The molecule has 4 aliphatic rings. The van der Waals surface area contributed by atoms with Crippen LogP contribution in [0.4, 0.5) is 5.69 Å². The maximum atomic E-state index is 14.3. The highest BCUT2D eigenvalue weighted by Crippen LogP contribution is 2.55. The van der Waals surface area contributed by atoms with Crippen molar-refractivity contribution < 1.29 is 23.9 Å². The Morgan fingerprint density at radius 3 is 2.54 bits per heavy atom. The zero-order chi connectivity index (χ0) is 28.7. The van der Waals surface area contributed by atoms with Gasteiger partial charge in [-0.3, -0.25) is 14.4 Å². The van der Waals surface area contributed by atoms with Gasteiger partial charge in [-0.1, -0.05) is 72.8 Å². The number of amides is 3. The van der Waals surface area contributed by atoms with E-state index in [4.69, 9.17) is 32.7 Å². The Morgan fingerprint density at radius 1 is 1.07 bits per heavy atom. The fourth-order valence-corrected chi connectivity index (χ4v) is 7.46. The van der Waals surface area contributed by atoms with E-state index in [1.165, 1.54) is 0 Å². The van der Waals surface area contributed by atoms with E-state index in [0.29, 0.717) is 28.1 Å². The van der Waals surface area contributed by atoms with Gasteiger partial charge in [0.1, 0.15) is 17.4 Å². The van der Waals surface area contributed by atoms with E-state index in [-0.39, 0.29) is 30.3 Å². The largest absolute Gasteiger partial charge is 0.494 e. The molecule has 3 aliphatic heterocycles. The van der Waals surface area contributed by atoms with Crippen LogP contribution in [0, 0.1) is 11.8 Å². The van der Waals surface area contributed by atoms with Crippen molar-refractivity contribution in [2.24, 2.45) is 11.8 Å². The minimum absolute atomic E-state index is 0.0496. The van der Waals surface area contributed by atoms with Crippen LogP contribution in [0.25, 0.3) is 0 Å². The van der Waals surface area contributed by atoms with Crippen LogP contribution in [-0.4, -0.2) is 53.0 Å². The summed E-state index contributed by atoms with van der Waals surface area (Å²) in [6.45, 7) is 2.51. The summed E-state index contributed by atoms with van der Waals surface area (Å²) in [6.07, 6.45) is 8.07. The molecule has 1 aliphatic carbocycles. The van der Waals surface area contributed by atoms with Gasteiger partial charge < -0.3 is 25.0 Å². The predicted molar refractivity (Wildman–Crippen MR) is 156 cm³/mol. The van der Waals surface area contributed by atoms with Gasteiger partial charge in [0.15, 0.2) is 0 Å². The number of fused-ring (bicyclic) bond motifs is 1. The topological polar surface area (TPSA) is 97.0 Å². The number of para-hydroxylation sites is 1. The zero-order valence-electron chi connectivity index (χ0n) is 22.8. The Bertz CT molecular complexity index is 1370. The Labute approximate surface area is 249 Å². The molecule has 3 fully saturated rings. The summed E-state index contributed by atoms with van der Waals surface area (Å²) in [6, 6.07) is 11.4. The fourth-order valence-electron chi connectivity index (χ4n) is 6.93. The van der Waals surface area contributed by atoms with E-state index in [1.54, 1.807) is 29.2 Å². The van der Waals surface area contributed by atoms with Crippen molar-refractivity contribution in [1.29, 1.82) is 0 Å². The zero-order valence-corrected chi connectivity index (χ0v) is 24.3. The van der Waals surface area contributed by atoms with Crippen molar-refractivity contribution in [2.75, 3.05) is 11.9 Å². The second kappa shape index (κ2) is 11.3. The van der Waals surface area contributed by atoms with Crippen molar-refractivity contribution in [3.8, 4) is 5.75 Å². The number of nitrogens with one attached hydrogen (secondary N) is 2. The lowest BCUT2D eigenvalue weighted by Crippen LogP contribution is -2.56. The van der Waals surface area contributed by atoms with Crippen LogP contribution in [0.2, 0.25) is 10.0 Å². The quantitative estimate of drug-likeness (QED) is 0.411. The summed E-state index contributed by atoms with van der Waals surface area (Å²) in [5.41, 5.74) is -0.0508. The molecule has 2 aromatic carbocycles. The number of hydrogen-bond acceptors (Lipinski definition) is 5. The van der Waals surface area contributed by atoms with Crippen molar-refractivity contribution in [3.63, 3.8) is 0 Å². The van der Waals surface area contributed by atoms with Gasteiger partial charge in [0.2, 0.25) is 17.7 Å². The maximum Gasteiger partial charge on any atom is 0.246 e. The lowest BCUT2D eigenvalue weighted by molar-refractivity contribution is -0.142. The Hall–Kier alpha value is -3.07. The molecule has 5 unspecified atom stereocenters. The SMILES string of the molecule is CCOc1ccccc1CN1C(=O)C2C(C(=O)Nc3cc(Cl)cc(Cl)c3)C3C=CC2(O3)C1C(=O)NC1CCCCC1. The summed E-state index contributed by atoms with van der Waals surface area (Å²) in [5, 5.41) is 6.84. The van der Waals surface area contributed by atoms with E-state index in [0.717, 1.165) is 37.7 Å². The molecule has 2 N–H and O–H groups in total. The molecule has 2 saturated heterocycles. The number of nitrogens with zero attached hydrogens (tertiary/aromatic N) is 1. The van der Waals surface area contributed by atoms with Crippen LogP contribution in [0.3, 0.4) is 0 Å². The smallest absolute Gasteiger partial charge is 0.246 e. The molecule has 41 heavy (non-hydrogen) atoms. The summed E-state index contributed by atoms with van der Waals surface area (Å²) in [5.74, 6) is -1.99. The third kappa shape index (κ3) is 5.11. The van der Waals surface area contributed by atoms with Gasteiger partial charge in [0.05, 0.1) is 31.1 Å². The number of benzene rings is 2. The first kappa shape index (κ1) is 28.1. The predicted octanol–water partition coefficient (Wildman–Crippen LogP) is 5.13. The highest BCUT2D eigenvalue weighted by molar-refractivity contribution is 6.35. The molecule has 0 aromatic heterocycles. The van der Waals surface area contributed by atoms with Gasteiger partial charge >= 0.3 is 0 Å². The molecule has 3 amide bonds. The minimum atomic E-state index is -1.25. The van der Waals surface area contributed by atoms with Crippen LogP contribution >= 0.6 is 23.2 Å². The summed E-state index contributed by atoms with van der Waals surface area (Å²) in [4.78, 5) is 43.6. The first-order chi connectivity index (χ1) is 19.8. The molecule has 0 radical (unpaired) electrons. The molecular formula is C31H33Cl2N3O5. The van der Waals surface area contributed by atoms with Gasteiger partial charge in [-0.25, -0.2) is 0 Å². The van der Waals surface area contributed by atoms with Crippen molar-refractivity contribution in [3.05, 3.63) is 70.2 Å². The summed E-state index contributed by atoms with van der Waals surface area (Å²) >= 11 is 12.3. The standard InChI is InChI=1S/C31H33Cl2N3O5/c1-2-40-23-11-7-6-8-18(23)17-36-27(29(38)34-21-9-4-3-5-10-21)31-13-12-24(41-31)25(26(31)30(36)39)28(37)35-22-15-19(32)14-20(33)16-22/h6-8,11-16,21,24-27H,2-5,9-10,17H2,1H3,(H,34,38)(H,35,37). The second-order valence-corrected chi connectivity index (χ2v) is 12.1. The molecule has 216 valence electrons. The third-order valence-electron chi connectivity index (χ3n) is 8.62. The number of ether oxygens (including phenoxy) is 2. The molecule has 5 atom stereocenters. The highest BCUT2D eigenvalue weighted by Gasteiger charge is 2.72. The number of carbonyl (C=O) groups is 3. The Balaban J connectivity index is 1.34. The van der Waals surface area contributed by atoms with Gasteiger partial charge in [0.25, 0.3) is 0 Å². The van der Waals surface area contributed by atoms with E-state index in [1.807, 2.05) is 37.3 Å². The lowest BCUT2D eigenvalue weighted by Gasteiger charge is -2.34. The molecule has 10 heteroatoms. The van der Waals surface area contributed by atoms with Crippen molar-refractivity contribution in [1.82, 2.24) is 10.2 Å². The second-order valence-electron chi connectivity index (χ2n) is 11.2. The first-order valence-corrected chi connectivity index (χ1v) is 15.0. The van der Waals surface area contributed by atoms with E-state index >= 15 is 0 Å². The molecule has 3 heterocycles. The molecule has 2 aromatic rings. The van der Waals surface area contributed by atoms with Crippen LogP contribution < -0.4 is 15.4 Å². The monoisotopic (exact) mass is 597 g/mol. The van der Waals surface area contributed by atoms with Gasteiger partial charge in [0, 0.05) is 27.3 Å². The van der Waals surface area contributed by atoms with Gasteiger partial charge in [-0.15, -0.1) is 0 Å². The fraction of sp³-hybridized carbons (Fsp3) is 0.452. The molecule has 1 spiro atoms. The van der Waals surface area contributed by atoms with Crippen molar-refractivity contribution in [2.45, 2.75) is 69.4 Å². The Morgan fingerprint density at radius 2 is 1.80 bits per heavy atom. The normalized spacial score (nSPS) is 28.6. The number of likely N-dealkylation sites (tertiary alicyclic amines) is 1. The number of rotatable bonds is 8. The highest BCUT2D eigenvalue weighted by atomic mass is 35.5. The maximum absolute atomic E-state index is 14.3. The van der Waals surface area contributed by atoms with Crippen molar-refractivity contribution >= 4 is 46.6 Å². The molecule has 2 bridgehead atoms. The molecule has 8 nitrogen and oxygen atoms in total. The number of hydrogen-bond donors (Lipinski definition) is 2. The number of anilines is 1. The Kier molecular flexibility index (Phi) is 7.74. The lowest BCUT2D eigenvalue weighted by atomic mass is 9.74. The molecule has 6 rings (SSSR count). The number of carbonyl (C=O) groups excluding carboxylic acids is 3. The summed E-state index contributed by atoms with van der Waals surface area (Å²) < 4.78 is 12.3. The van der Waals surface area contributed by atoms with Crippen LogP contribution in [0.15, 0.2) is 54.6 Å². The van der Waals surface area contributed by atoms with Gasteiger partial charge in [-0.05, 0) is 44.0 Å². The molecular weight excluding hydrogens is 565 g/mol. The summed E-state index contributed by atoms with van der Waals surface area (Å²) in [7, 11) is 0. The average Bonchev–Trinajstić information content (AvgIpc) is 3.57. The van der Waals surface area contributed by atoms with Crippen LogP contribution in [-0.2, 0) is 25.7 Å². The van der Waals surface area contributed by atoms with Crippen LogP contribution in [0.1, 0.15) is 44.6 Å². The average molecular weight is 599 g/mol.